The highest BCUT2D eigenvalue weighted by molar-refractivity contribution is 7.86. The molecule has 0 saturated carbocycles. The first-order chi connectivity index (χ1) is 14.1. The Morgan fingerprint density at radius 2 is 1.07 bits per heavy atom. The summed E-state index contributed by atoms with van der Waals surface area (Å²) in [5.74, 6) is 0.482. The van der Waals surface area contributed by atoms with E-state index in [0.29, 0.717) is 23.7 Å². The summed E-state index contributed by atoms with van der Waals surface area (Å²) >= 11 is 0. The number of benzene rings is 2. The van der Waals surface area contributed by atoms with Gasteiger partial charge in [-0.15, -0.1) is 0 Å². The predicted octanol–water partition coefficient (Wildman–Crippen LogP) is 2.08. The molecule has 1 N–H and O–H groups in total. The topological polar surface area (TPSA) is 135 Å². The molecule has 0 radical (unpaired) electrons. The van der Waals surface area contributed by atoms with Crippen molar-refractivity contribution in [3.63, 3.8) is 0 Å². The maximum Gasteiger partial charge on any atom is 0.306 e. The molecule has 0 bridgehead atoms. The van der Waals surface area contributed by atoms with E-state index in [-0.39, 0.29) is 34.5 Å². The van der Waals surface area contributed by atoms with Crippen molar-refractivity contribution in [2.75, 3.05) is 34.7 Å². The number of aldehydes is 2. The average Bonchev–Trinajstić information content (AvgIpc) is 2.73. The molecule has 0 fully saturated rings. The molecule has 0 atom stereocenters. The van der Waals surface area contributed by atoms with Crippen molar-refractivity contribution < 1.29 is 46.2 Å². The third kappa shape index (κ3) is 6.55. The molecule has 10 nitrogen and oxygen atoms in total. The van der Waals surface area contributed by atoms with Crippen LogP contribution in [0.25, 0.3) is 0 Å². The summed E-state index contributed by atoms with van der Waals surface area (Å²) in [6.45, 7) is 0. The summed E-state index contributed by atoms with van der Waals surface area (Å²) < 4.78 is 46.5. The Bertz CT molecular complexity index is 948. The third-order valence-electron chi connectivity index (χ3n) is 3.49. The van der Waals surface area contributed by atoms with Crippen molar-refractivity contribution in [1.29, 1.82) is 0 Å². The summed E-state index contributed by atoms with van der Waals surface area (Å²) in [5.41, 5.74) is 0.686. The van der Waals surface area contributed by atoms with Crippen LogP contribution in [0.2, 0.25) is 0 Å². The van der Waals surface area contributed by atoms with Gasteiger partial charge >= 0.3 is 10.1 Å². The molecule has 0 unspecified atom stereocenters. The molecule has 2 aromatic rings. The minimum Gasteiger partial charge on any atom is -0.502 e. The number of rotatable bonds is 8. The zero-order valence-electron chi connectivity index (χ0n) is 17.0. The van der Waals surface area contributed by atoms with Gasteiger partial charge < -0.3 is 28.2 Å². The lowest BCUT2D eigenvalue weighted by Gasteiger charge is -2.13. The fourth-order valence-corrected chi connectivity index (χ4v) is 2.65. The highest BCUT2D eigenvalue weighted by Crippen LogP contribution is 2.39. The molecular weight excluding hydrogens is 420 g/mol. The van der Waals surface area contributed by atoms with E-state index in [9.17, 15) is 23.1 Å². The maximum atomic E-state index is 11.1. The van der Waals surface area contributed by atoms with E-state index in [1.165, 1.54) is 52.7 Å². The van der Waals surface area contributed by atoms with Crippen LogP contribution >= 0.6 is 0 Å². The van der Waals surface area contributed by atoms with Crippen LogP contribution in [0.1, 0.15) is 20.7 Å². The van der Waals surface area contributed by atoms with E-state index < -0.39 is 10.1 Å². The van der Waals surface area contributed by atoms with Crippen LogP contribution in [0.3, 0.4) is 0 Å². The van der Waals surface area contributed by atoms with E-state index in [1.54, 1.807) is 0 Å². The van der Waals surface area contributed by atoms with Crippen molar-refractivity contribution in [2.24, 2.45) is 0 Å². The number of hydrogen-bond acceptors (Lipinski definition) is 10. The fraction of sp³-hybridized carbons (Fsp3) is 0.263. The van der Waals surface area contributed by atoms with Gasteiger partial charge in [-0.2, -0.15) is 8.42 Å². The molecule has 0 amide bonds. The van der Waals surface area contributed by atoms with Crippen LogP contribution < -0.4 is 23.1 Å². The summed E-state index contributed by atoms with van der Waals surface area (Å²) in [7, 11) is 1.77. The summed E-state index contributed by atoms with van der Waals surface area (Å²) in [5, 5.41) is 9.44. The summed E-state index contributed by atoms with van der Waals surface area (Å²) in [6, 6.07) is 5.59. The van der Waals surface area contributed by atoms with E-state index in [2.05, 4.69) is 0 Å². The van der Waals surface area contributed by atoms with Crippen molar-refractivity contribution in [1.82, 2.24) is 0 Å². The Morgan fingerprint density at radius 1 is 0.733 bits per heavy atom. The maximum absolute atomic E-state index is 11.1. The van der Waals surface area contributed by atoms with Gasteiger partial charge in [-0.3, -0.25) is 9.59 Å². The second kappa shape index (κ2) is 10.9. The standard InChI is InChI=1S/C10H12O6S.C9H10O4/c1-14-8-4-7(6-11)5-9(15-2)10(8)16-17(3,12)13;1-12-7-3-6(5-10)4-8(13-2)9(7)11/h4-6H,1-3H3;3-5,11H,1-2H3. The number of methoxy groups -OCH3 is 4. The van der Waals surface area contributed by atoms with Gasteiger partial charge in [0.25, 0.3) is 0 Å². The molecule has 0 aromatic heterocycles. The highest BCUT2D eigenvalue weighted by atomic mass is 32.2. The Balaban J connectivity index is 0.000000311. The van der Waals surface area contributed by atoms with Gasteiger partial charge in [-0.1, -0.05) is 0 Å². The first kappa shape index (κ1) is 24.6. The van der Waals surface area contributed by atoms with Crippen molar-refractivity contribution >= 4 is 22.7 Å². The summed E-state index contributed by atoms with van der Waals surface area (Å²) in [4.78, 5) is 21.1. The van der Waals surface area contributed by atoms with Gasteiger partial charge in [-0.25, -0.2) is 0 Å². The molecule has 0 heterocycles. The van der Waals surface area contributed by atoms with E-state index in [0.717, 1.165) is 6.26 Å². The Kier molecular flexibility index (Phi) is 8.93. The van der Waals surface area contributed by atoms with E-state index >= 15 is 0 Å². The second-order valence-corrected chi connectivity index (χ2v) is 7.13. The molecule has 0 aliphatic heterocycles. The number of carbonyl (C=O) groups excluding carboxylic acids is 2. The van der Waals surface area contributed by atoms with Crippen molar-refractivity contribution in [3.05, 3.63) is 35.4 Å². The highest BCUT2D eigenvalue weighted by Gasteiger charge is 2.18. The Labute approximate surface area is 174 Å². The lowest BCUT2D eigenvalue weighted by atomic mass is 10.2. The molecule has 30 heavy (non-hydrogen) atoms. The molecule has 2 rings (SSSR count). The van der Waals surface area contributed by atoms with Gasteiger partial charge in [-0.05, 0) is 24.3 Å². The van der Waals surface area contributed by atoms with Gasteiger partial charge in [0.05, 0.1) is 34.7 Å². The Hall–Kier alpha value is -3.47. The van der Waals surface area contributed by atoms with Crippen LogP contribution in [-0.4, -0.2) is 60.8 Å². The number of carbonyl (C=O) groups is 2. The minimum atomic E-state index is -3.71. The molecule has 11 heteroatoms. The lowest BCUT2D eigenvalue weighted by Crippen LogP contribution is -2.08. The van der Waals surface area contributed by atoms with Crippen LogP contribution in [0.15, 0.2) is 24.3 Å². The zero-order chi connectivity index (χ0) is 22.9. The van der Waals surface area contributed by atoms with E-state index in [1.807, 2.05) is 0 Å². The molecule has 0 saturated heterocycles. The first-order valence-electron chi connectivity index (χ1n) is 8.14. The lowest BCUT2D eigenvalue weighted by molar-refractivity contribution is 0.111. The van der Waals surface area contributed by atoms with Gasteiger partial charge in [0.15, 0.2) is 23.0 Å². The van der Waals surface area contributed by atoms with Gasteiger partial charge in [0, 0.05) is 11.1 Å². The fourth-order valence-electron chi connectivity index (χ4n) is 2.18. The van der Waals surface area contributed by atoms with E-state index in [4.69, 9.17) is 23.1 Å². The van der Waals surface area contributed by atoms with Gasteiger partial charge in [0.1, 0.15) is 12.6 Å². The molecular formula is C19H22O10S. The summed E-state index contributed by atoms with van der Waals surface area (Å²) in [6.07, 6.45) is 2.15. The molecule has 164 valence electrons. The number of phenols is 1. The third-order valence-corrected chi connectivity index (χ3v) is 3.96. The SMILES string of the molecule is COc1cc(C=O)cc(OC)c1O.COc1cc(C=O)cc(OC)c1OS(C)(=O)=O. The zero-order valence-corrected chi connectivity index (χ0v) is 17.8. The van der Waals surface area contributed by atoms with Crippen molar-refractivity contribution in [3.8, 4) is 34.5 Å². The Morgan fingerprint density at radius 3 is 1.33 bits per heavy atom. The van der Waals surface area contributed by atoms with Crippen molar-refractivity contribution in [2.45, 2.75) is 0 Å². The molecule has 0 spiro atoms. The molecule has 2 aromatic carbocycles. The average molecular weight is 442 g/mol. The van der Waals surface area contributed by atoms with Gasteiger partial charge in [0.2, 0.25) is 11.5 Å². The molecule has 0 aliphatic rings. The van der Waals surface area contributed by atoms with Crippen LogP contribution in [-0.2, 0) is 10.1 Å². The monoisotopic (exact) mass is 442 g/mol. The normalized spacial score (nSPS) is 10.2. The first-order valence-corrected chi connectivity index (χ1v) is 9.96. The predicted molar refractivity (Wildman–Crippen MR) is 107 cm³/mol. The quantitative estimate of drug-likeness (QED) is 0.478. The number of aromatic hydroxyl groups is 1. The molecule has 0 aliphatic carbocycles. The van der Waals surface area contributed by atoms with Crippen LogP contribution in [0.5, 0.6) is 34.5 Å². The minimum absolute atomic E-state index is 0.0805. The number of ether oxygens (including phenoxy) is 4. The second-order valence-electron chi connectivity index (χ2n) is 5.55. The van der Waals surface area contributed by atoms with Crippen LogP contribution in [0, 0.1) is 0 Å². The smallest absolute Gasteiger partial charge is 0.306 e. The number of hydrogen-bond donors (Lipinski definition) is 1. The number of phenolic OH excluding ortho intramolecular Hbond substituents is 1. The largest absolute Gasteiger partial charge is 0.502 e. The van der Waals surface area contributed by atoms with Crippen LogP contribution in [0.4, 0.5) is 0 Å².